The second-order valence-corrected chi connectivity index (χ2v) is 12.5. The van der Waals surface area contributed by atoms with E-state index in [4.69, 9.17) is 14.1 Å². The van der Waals surface area contributed by atoms with Gasteiger partial charge in [-0.2, -0.15) is 5.10 Å². The summed E-state index contributed by atoms with van der Waals surface area (Å²) in [6.45, 7) is 13.3. The van der Waals surface area contributed by atoms with Gasteiger partial charge in [-0.15, -0.1) is 10.2 Å². The van der Waals surface area contributed by atoms with E-state index >= 15 is 0 Å². The monoisotopic (exact) mass is 570 g/mol. The Bertz CT molecular complexity index is 1570. The molecule has 5 heterocycles. The number of hydrogen-bond donors (Lipinski definition) is 1. The lowest BCUT2D eigenvalue weighted by atomic mass is 9.87. The summed E-state index contributed by atoms with van der Waals surface area (Å²) in [5, 5.41) is 15.9. The lowest BCUT2D eigenvalue weighted by molar-refractivity contribution is -0.0677. The molecule has 0 radical (unpaired) electrons. The number of nitrogens with one attached hydrogen (secondary N) is 1. The fourth-order valence-electron chi connectivity index (χ4n) is 5.38. The van der Waals surface area contributed by atoms with Gasteiger partial charge >= 0.3 is 0 Å². The number of carbonyl (C=O) groups is 1. The second kappa shape index (κ2) is 11.4. The molecule has 220 valence electrons. The first-order valence-corrected chi connectivity index (χ1v) is 14.6. The molecule has 3 aromatic heterocycles. The first-order valence-electron chi connectivity index (χ1n) is 14.6. The predicted molar refractivity (Wildman–Crippen MR) is 158 cm³/mol. The van der Waals surface area contributed by atoms with E-state index in [1.54, 1.807) is 12.4 Å². The molecule has 2 aliphatic heterocycles. The standard InChI is InChI=1S/C31H38N8O3/c1-19(2)39-16-23(14-33-39)34-30-32-10-8-26(35-30)21-6-7-25-20(9-11-38(15-22(25)12-21)24-17-41-18-24)13-27(40)28-36-37-29(42-28)31(3,4)5/h6-8,10,12,14,16,19-20,24H,9,11,13,15,17-18H2,1-5H3,(H,32,34,35)/t20-/m0/s1. The van der Waals surface area contributed by atoms with Crippen molar-refractivity contribution in [1.82, 2.24) is 34.8 Å². The van der Waals surface area contributed by atoms with Gasteiger partial charge in [-0.1, -0.05) is 32.9 Å². The number of Topliss-reactive ketones (excluding diaryl/α,β-unsaturated/α-hetero) is 1. The van der Waals surface area contributed by atoms with Gasteiger partial charge in [-0.05, 0) is 56.0 Å². The maximum absolute atomic E-state index is 13.3. The lowest BCUT2D eigenvalue weighted by Crippen LogP contribution is -2.48. The molecular formula is C31H38N8O3. The zero-order chi connectivity index (χ0) is 29.4. The molecule has 0 unspecified atom stereocenters. The molecule has 0 amide bonds. The molecule has 0 saturated carbocycles. The van der Waals surface area contributed by atoms with Crippen LogP contribution in [0.1, 0.15) is 87.1 Å². The molecule has 0 spiro atoms. The van der Waals surface area contributed by atoms with Gasteiger partial charge in [0.1, 0.15) is 0 Å². The third kappa shape index (κ3) is 5.98. The first-order chi connectivity index (χ1) is 20.1. The quantitative estimate of drug-likeness (QED) is 0.279. The summed E-state index contributed by atoms with van der Waals surface area (Å²) in [7, 11) is 0. The van der Waals surface area contributed by atoms with Crippen LogP contribution in [0, 0.1) is 0 Å². The van der Waals surface area contributed by atoms with Gasteiger partial charge in [0.15, 0.2) is 0 Å². The van der Waals surface area contributed by atoms with E-state index in [1.807, 2.05) is 37.7 Å². The zero-order valence-corrected chi connectivity index (χ0v) is 24.9. The number of nitrogens with zero attached hydrogens (tertiary/aromatic N) is 7. The van der Waals surface area contributed by atoms with Crippen LogP contribution in [0.3, 0.4) is 0 Å². The minimum atomic E-state index is -0.311. The van der Waals surface area contributed by atoms with Gasteiger partial charge in [0.2, 0.25) is 17.6 Å². The smallest absolute Gasteiger partial charge is 0.284 e. The zero-order valence-electron chi connectivity index (χ0n) is 24.9. The minimum absolute atomic E-state index is 0.0395. The summed E-state index contributed by atoms with van der Waals surface area (Å²) in [6.07, 6.45) is 6.66. The van der Waals surface area contributed by atoms with Gasteiger partial charge in [0, 0.05) is 42.4 Å². The van der Waals surface area contributed by atoms with Gasteiger partial charge in [0.05, 0.1) is 36.8 Å². The Labute approximate surface area is 245 Å². The highest BCUT2D eigenvalue weighted by molar-refractivity contribution is 5.92. The van der Waals surface area contributed by atoms with Crippen molar-refractivity contribution in [3.05, 3.63) is 65.8 Å². The average Bonchev–Trinajstić information content (AvgIpc) is 3.57. The van der Waals surface area contributed by atoms with Gasteiger partial charge in [-0.3, -0.25) is 14.4 Å². The van der Waals surface area contributed by atoms with Crippen LogP contribution in [-0.4, -0.2) is 66.4 Å². The Balaban J connectivity index is 1.26. The number of ketones is 1. The summed E-state index contributed by atoms with van der Waals surface area (Å²) in [6, 6.07) is 9.03. The summed E-state index contributed by atoms with van der Waals surface area (Å²) in [5.41, 5.74) is 4.72. The van der Waals surface area contributed by atoms with E-state index in [2.05, 4.69) is 62.5 Å². The van der Waals surface area contributed by atoms with Crippen LogP contribution < -0.4 is 5.32 Å². The average molecular weight is 571 g/mol. The fourth-order valence-corrected chi connectivity index (χ4v) is 5.38. The topological polar surface area (TPSA) is 124 Å². The highest BCUT2D eigenvalue weighted by atomic mass is 16.5. The highest BCUT2D eigenvalue weighted by Gasteiger charge is 2.33. The molecule has 4 aromatic rings. The van der Waals surface area contributed by atoms with Crippen LogP contribution in [0.5, 0.6) is 0 Å². The second-order valence-electron chi connectivity index (χ2n) is 12.5. The number of fused-ring (bicyclic) bond motifs is 1. The molecular weight excluding hydrogens is 532 g/mol. The molecule has 0 aliphatic carbocycles. The van der Waals surface area contributed by atoms with Crippen LogP contribution >= 0.6 is 0 Å². The van der Waals surface area contributed by atoms with Crippen LogP contribution in [0.2, 0.25) is 0 Å². The van der Waals surface area contributed by atoms with E-state index in [0.717, 1.165) is 49.7 Å². The van der Waals surface area contributed by atoms with Crippen molar-refractivity contribution in [2.75, 3.05) is 25.1 Å². The Morgan fingerprint density at radius 2 is 2.00 bits per heavy atom. The molecule has 6 rings (SSSR count). The highest BCUT2D eigenvalue weighted by Crippen LogP contribution is 2.36. The van der Waals surface area contributed by atoms with Crippen LogP contribution in [-0.2, 0) is 16.7 Å². The third-order valence-corrected chi connectivity index (χ3v) is 7.93. The van der Waals surface area contributed by atoms with E-state index in [1.165, 1.54) is 11.1 Å². The fraction of sp³-hybridized carbons (Fsp3) is 0.484. The molecule has 1 aromatic carbocycles. The molecule has 0 bridgehead atoms. The van der Waals surface area contributed by atoms with E-state index in [-0.39, 0.29) is 29.0 Å². The minimum Gasteiger partial charge on any atom is -0.418 e. The lowest BCUT2D eigenvalue weighted by Gasteiger charge is -2.36. The van der Waals surface area contributed by atoms with Crippen LogP contribution in [0.25, 0.3) is 11.3 Å². The summed E-state index contributed by atoms with van der Waals surface area (Å²) < 4.78 is 13.2. The van der Waals surface area contributed by atoms with Crippen molar-refractivity contribution < 1.29 is 13.9 Å². The van der Waals surface area contributed by atoms with Gasteiger partial charge in [0.25, 0.3) is 5.89 Å². The SMILES string of the molecule is CC(C)n1cc(Nc2nccc(-c3ccc4c(c3)CN(C3COC3)CC[C@H]4CC(=O)c3nnc(C(C)(C)C)o3)n2)cn1. The summed E-state index contributed by atoms with van der Waals surface area (Å²) >= 11 is 0. The maximum atomic E-state index is 13.3. The summed E-state index contributed by atoms with van der Waals surface area (Å²) in [4.78, 5) is 25.0. The number of benzene rings is 1. The van der Waals surface area contributed by atoms with Crippen molar-refractivity contribution >= 4 is 17.4 Å². The van der Waals surface area contributed by atoms with Gasteiger partial charge in [-0.25, -0.2) is 9.97 Å². The van der Waals surface area contributed by atoms with Gasteiger partial charge < -0.3 is 14.5 Å². The van der Waals surface area contributed by atoms with Crippen molar-refractivity contribution in [2.45, 2.75) is 77.4 Å². The Morgan fingerprint density at radius 1 is 1.17 bits per heavy atom. The largest absolute Gasteiger partial charge is 0.418 e. The number of carbonyl (C=O) groups excluding carboxylic acids is 1. The Hall–Kier alpha value is -3.96. The van der Waals surface area contributed by atoms with Crippen molar-refractivity contribution in [2.24, 2.45) is 0 Å². The molecule has 1 atom stereocenters. The number of aromatic nitrogens is 6. The molecule has 11 heteroatoms. The predicted octanol–water partition coefficient (Wildman–Crippen LogP) is 5.31. The molecule has 42 heavy (non-hydrogen) atoms. The van der Waals surface area contributed by atoms with Crippen molar-refractivity contribution in [1.29, 1.82) is 0 Å². The van der Waals surface area contributed by atoms with E-state index < -0.39 is 0 Å². The van der Waals surface area contributed by atoms with Crippen LogP contribution in [0.4, 0.5) is 11.6 Å². The molecule has 1 N–H and O–H groups in total. The molecule has 11 nitrogen and oxygen atoms in total. The Morgan fingerprint density at radius 3 is 2.69 bits per heavy atom. The maximum Gasteiger partial charge on any atom is 0.284 e. The van der Waals surface area contributed by atoms with Crippen LogP contribution in [0.15, 0.2) is 47.3 Å². The van der Waals surface area contributed by atoms with Crippen molar-refractivity contribution in [3.63, 3.8) is 0 Å². The Kier molecular flexibility index (Phi) is 7.63. The molecule has 1 saturated heterocycles. The summed E-state index contributed by atoms with van der Waals surface area (Å²) in [5.74, 6) is 0.993. The normalized spacial score (nSPS) is 18.0. The van der Waals surface area contributed by atoms with E-state index in [0.29, 0.717) is 24.3 Å². The first kappa shape index (κ1) is 28.2. The number of rotatable bonds is 8. The van der Waals surface area contributed by atoms with Crippen molar-refractivity contribution in [3.8, 4) is 11.3 Å². The third-order valence-electron chi connectivity index (χ3n) is 7.93. The number of hydrogen-bond acceptors (Lipinski definition) is 10. The number of ether oxygens (including phenoxy) is 1. The molecule has 2 aliphatic rings. The number of anilines is 2. The van der Waals surface area contributed by atoms with E-state index in [9.17, 15) is 4.79 Å². The molecule has 1 fully saturated rings.